The summed E-state index contributed by atoms with van der Waals surface area (Å²) >= 11 is 0. The maximum atomic E-state index is 13.7. The lowest BCUT2D eigenvalue weighted by molar-refractivity contribution is 0.219. The number of halogens is 2. The highest BCUT2D eigenvalue weighted by Gasteiger charge is 2.40. The summed E-state index contributed by atoms with van der Waals surface area (Å²) < 4.78 is 42.8. The van der Waals surface area contributed by atoms with E-state index in [1.807, 2.05) is 18.7 Å². The van der Waals surface area contributed by atoms with Gasteiger partial charge in [0, 0.05) is 19.6 Å². The summed E-state index contributed by atoms with van der Waals surface area (Å²) in [5, 5.41) is 3.20. The highest BCUT2D eigenvalue weighted by molar-refractivity contribution is 14.0. The van der Waals surface area contributed by atoms with E-state index in [0.717, 1.165) is 0 Å². The average molecular weight is 513 g/mol. The largest absolute Gasteiger partial charge is 0.486 e. The van der Waals surface area contributed by atoms with Crippen LogP contribution in [0.3, 0.4) is 0 Å². The normalized spacial score (nSPS) is 19.7. The topological polar surface area (TPSA) is 71.0 Å². The van der Waals surface area contributed by atoms with Gasteiger partial charge in [-0.1, -0.05) is 12.1 Å². The lowest BCUT2D eigenvalue weighted by Crippen LogP contribution is -2.57. The van der Waals surface area contributed by atoms with Crippen LogP contribution in [0.2, 0.25) is 0 Å². The molecule has 1 aromatic carbocycles. The maximum absolute atomic E-state index is 13.7. The van der Waals surface area contributed by atoms with E-state index < -0.39 is 20.4 Å². The van der Waals surface area contributed by atoms with Crippen molar-refractivity contribution >= 4 is 39.8 Å². The highest BCUT2D eigenvalue weighted by Crippen LogP contribution is 2.24. The standard InChI is InChI=1S/C18H28FN3O3S.HI/c1-5-20-17(22-10-11-26(23,24)18(3,4)13-22)21-12-14(2)25-16-9-7-6-8-15(16)19;/h6-9,14H,5,10-13H2,1-4H3,(H,20,21);1H. The molecule has 2 rings (SSSR count). The van der Waals surface area contributed by atoms with Gasteiger partial charge in [-0.15, -0.1) is 24.0 Å². The van der Waals surface area contributed by atoms with E-state index in [2.05, 4.69) is 10.3 Å². The second-order valence-electron chi connectivity index (χ2n) is 7.05. The second kappa shape index (κ2) is 9.90. The number of nitrogens with one attached hydrogen (secondary N) is 1. The van der Waals surface area contributed by atoms with E-state index in [1.165, 1.54) is 6.07 Å². The Balaban J connectivity index is 0.00000364. The Hall–Kier alpha value is -1.10. The molecule has 1 heterocycles. The molecule has 0 spiro atoms. The molecule has 6 nitrogen and oxygen atoms in total. The van der Waals surface area contributed by atoms with E-state index in [-0.39, 0.29) is 41.6 Å². The number of sulfone groups is 1. The number of aliphatic imine (C=N–C) groups is 1. The summed E-state index contributed by atoms with van der Waals surface area (Å²) in [5.74, 6) is 0.550. The molecule has 0 aliphatic carbocycles. The third kappa shape index (κ3) is 6.20. The molecule has 1 aromatic rings. The Bertz CT molecular complexity index is 756. The number of para-hydroxylation sites is 1. The first-order valence-electron chi connectivity index (χ1n) is 8.83. The van der Waals surface area contributed by atoms with Crippen LogP contribution in [-0.4, -0.2) is 62.1 Å². The molecule has 0 amide bonds. The minimum Gasteiger partial charge on any atom is -0.486 e. The van der Waals surface area contributed by atoms with Gasteiger partial charge < -0.3 is 15.0 Å². The third-order valence-electron chi connectivity index (χ3n) is 4.34. The van der Waals surface area contributed by atoms with Crippen molar-refractivity contribution in [3.63, 3.8) is 0 Å². The van der Waals surface area contributed by atoms with Gasteiger partial charge >= 0.3 is 0 Å². The molecular formula is C18H29FIN3O3S. The Morgan fingerprint density at radius 2 is 2.07 bits per heavy atom. The molecule has 0 saturated carbocycles. The number of ether oxygens (including phenoxy) is 1. The van der Waals surface area contributed by atoms with Crippen molar-refractivity contribution in [1.29, 1.82) is 0 Å². The Morgan fingerprint density at radius 3 is 2.67 bits per heavy atom. The van der Waals surface area contributed by atoms with Crippen molar-refractivity contribution < 1.29 is 17.5 Å². The van der Waals surface area contributed by atoms with Crippen LogP contribution in [0.4, 0.5) is 4.39 Å². The molecular weight excluding hydrogens is 484 g/mol. The van der Waals surface area contributed by atoms with Crippen LogP contribution in [0.15, 0.2) is 29.3 Å². The zero-order chi connectivity index (χ0) is 19.4. The molecule has 0 aromatic heterocycles. The number of nitrogens with zero attached hydrogens (tertiary/aromatic N) is 2. The zero-order valence-electron chi connectivity index (χ0n) is 16.2. The number of benzene rings is 1. The third-order valence-corrected chi connectivity index (χ3v) is 6.87. The first-order valence-corrected chi connectivity index (χ1v) is 10.5. The van der Waals surface area contributed by atoms with Gasteiger partial charge in [-0.05, 0) is 39.8 Å². The van der Waals surface area contributed by atoms with Gasteiger partial charge in [0.1, 0.15) is 6.10 Å². The molecule has 1 aliphatic rings. The molecule has 154 valence electrons. The molecule has 1 fully saturated rings. The first kappa shape index (κ1) is 23.9. The summed E-state index contributed by atoms with van der Waals surface area (Å²) in [5.41, 5.74) is 0. The van der Waals surface area contributed by atoms with Crippen LogP contribution >= 0.6 is 24.0 Å². The number of hydrogen-bond donors (Lipinski definition) is 1. The number of guanidine groups is 1. The van der Waals surface area contributed by atoms with Crippen LogP contribution in [0.25, 0.3) is 0 Å². The zero-order valence-corrected chi connectivity index (χ0v) is 19.4. The van der Waals surface area contributed by atoms with Crippen molar-refractivity contribution in [2.45, 2.75) is 38.5 Å². The Morgan fingerprint density at radius 1 is 1.41 bits per heavy atom. The van der Waals surface area contributed by atoms with E-state index in [4.69, 9.17) is 4.74 Å². The van der Waals surface area contributed by atoms with Crippen molar-refractivity contribution in [3.8, 4) is 5.75 Å². The van der Waals surface area contributed by atoms with Crippen LogP contribution in [0, 0.1) is 5.82 Å². The molecule has 1 aliphatic heterocycles. The van der Waals surface area contributed by atoms with E-state index in [0.29, 0.717) is 32.1 Å². The second-order valence-corrected chi connectivity index (χ2v) is 9.80. The summed E-state index contributed by atoms with van der Waals surface area (Å²) in [4.78, 5) is 6.52. The van der Waals surface area contributed by atoms with Gasteiger partial charge in [0.15, 0.2) is 27.4 Å². The fourth-order valence-corrected chi connectivity index (χ4v) is 4.13. The Labute approximate surface area is 178 Å². The highest BCUT2D eigenvalue weighted by atomic mass is 127. The van der Waals surface area contributed by atoms with E-state index >= 15 is 0 Å². The predicted octanol–water partition coefficient (Wildman–Crippen LogP) is 2.69. The number of rotatable bonds is 5. The monoisotopic (exact) mass is 513 g/mol. The predicted molar refractivity (Wildman–Crippen MR) is 117 cm³/mol. The first-order chi connectivity index (χ1) is 12.2. The van der Waals surface area contributed by atoms with Gasteiger partial charge in [-0.3, -0.25) is 0 Å². The van der Waals surface area contributed by atoms with Gasteiger partial charge in [0.25, 0.3) is 0 Å². The fourth-order valence-electron chi connectivity index (χ4n) is 2.76. The van der Waals surface area contributed by atoms with Gasteiger partial charge in [0.05, 0.1) is 17.0 Å². The lowest BCUT2D eigenvalue weighted by Gasteiger charge is -2.39. The molecule has 9 heteroatoms. The molecule has 0 radical (unpaired) electrons. The molecule has 1 unspecified atom stereocenters. The van der Waals surface area contributed by atoms with Gasteiger partial charge in [-0.2, -0.15) is 0 Å². The van der Waals surface area contributed by atoms with Gasteiger partial charge in [-0.25, -0.2) is 17.8 Å². The molecule has 1 atom stereocenters. The van der Waals surface area contributed by atoms with Crippen LogP contribution in [-0.2, 0) is 9.84 Å². The quantitative estimate of drug-likeness (QED) is 0.373. The number of hydrogen-bond acceptors (Lipinski definition) is 4. The van der Waals surface area contributed by atoms with Crippen molar-refractivity contribution in [2.24, 2.45) is 4.99 Å². The van der Waals surface area contributed by atoms with Crippen molar-refractivity contribution in [3.05, 3.63) is 30.1 Å². The van der Waals surface area contributed by atoms with E-state index in [1.54, 1.807) is 32.0 Å². The minimum absolute atomic E-state index is 0. The lowest BCUT2D eigenvalue weighted by atomic mass is 10.2. The molecule has 0 bridgehead atoms. The minimum atomic E-state index is -3.11. The van der Waals surface area contributed by atoms with E-state index in [9.17, 15) is 12.8 Å². The van der Waals surface area contributed by atoms with Crippen LogP contribution < -0.4 is 10.1 Å². The van der Waals surface area contributed by atoms with Crippen molar-refractivity contribution in [2.75, 3.05) is 31.9 Å². The molecule has 27 heavy (non-hydrogen) atoms. The summed E-state index contributed by atoms with van der Waals surface area (Å²) in [7, 11) is -3.11. The summed E-state index contributed by atoms with van der Waals surface area (Å²) in [6, 6.07) is 6.26. The Kier molecular flexibility index (Phi) is 8.78. The van der Waals surface area contributed by atoms with Gasteiger partial charge in [0.2, 0.25) is 0 Å². The molecule has 1 N–H and O–H groups in total. The average Bonchev–Trinajstić information content (AvgIpc) is 2.56. The van der Waals surface area contributed by atoms with Crippen molar-refractivity contribution in [1.82, 2.24) is 10.2 Å². The molecule has 1 saturated heterocycles. The SMILES string of the molecule is CCNC(=NCC(C)Oc1ccccc1F)N1CCS(=O)(=O)C(C)(C)C1.I. The fraction of sp³-hybridized carbons (Fsp3) is 0.611. The summed E-state index contributed by atoms with van der Waals surface area (Å²) in [6.07, 6.45) is -0.318. The van der Waals surface area contributed by atoms with Crippen LogP contribution in [0.5, 0.6) is 5.75 Å². The van der Waals surface area contributed by atoms with Crippen LogP contribution in [0.1, 0.15) is 27.7 Å². The smallest absolute Gasteiger partial charge is 0.194 e. The maximum Gasteiger partial charge on any atom is 0.194 e. The summed E-state index contributed by atoms with van der Waals surface area (Å²) in [6.45, 7) is 9.05.